The summed E-state index contributed by atoms with van der Waals surface area (Å²) in [5, 5.41) is 20.2. The van der Waals surface area contributed by atoms with Crippen LogP contribution in [0, 0.1) is 0 Å². The fourth-order valence-corrected chi connectivity index (χ4v) is 4.42. The lowest BCUT2D eigenvalue weighted by Crippen LogP contribution is -2.47. The molecule has 0 amide bonds. The average Bonchev–Trinajstić information content (AvgIpc) is 2.75. The Morgan fingerprint density at radius 1 is 1.07 bits per heavy atom. The molecule has 1 aromatic heterocycles. The molecule has 4 N–H and O–H groups in total. The van der Waals surface area contributed by atoms with Crippen LogP contribution in [-0.2, 0) is 6.42 Å². The molecule has 0 aliphatic carbocycles. The third-order valence-electron chi connectivity index (χ3n) is 5.33. The van der Waals surface area contributed by atoms with Gasteiger partial charge in [-0.25, -0.2) is 0 Å². The van der Waals surface area contributed by atoms with Gasteiger partial charge in [0, 0.05) is 20.2 Å². The number of hydrogen-bond acceptors (Lipinski definition) is 5. The molecule has 4 nitrogen and oxygen atoms in total. The molecule has 0 radical (unpaired) electrons. The molecule has 0 spiro atoms. The zero-order chi connectivity index (χ0) is 20.9. The zero-order valence-electron chi connectivity index (χ0n) is 16.9. The number of aryl methyl sites for hydroxylation is 1. The smallest absolute Gasteiger partial charge is 0.195 e. The van der Waals surface area contributed by atoms with E-state index < -0.39 is 5.54 Å². The highest BCUT2D eigenvalue weighted by Crippen LogP contribution is 2.27. The molecular formula is C24H29NO3S. The van der Waals surface area contributed by atoms with E-state index in [1.807, 2.05) is 30.3 Å². The number of hydrogen-bond donors (Lipinski definition) is 3. The van der Waals surface area contributed by atoms with Crippen molar-refractivity contribution in [2.24, 2.45) is 5.73 Å². The second-order valence-corrected chi connectivity index (χ2v) is 8.82. The molecule has 0 aliphatic rings. The monoisotopic (exact) mass is 411 g/mol. The number of rotatable bonds is 9. The fraction of sp³-hybridized carbons (Fsp3) is 0.375. The Hall–Kier alpha value is -2.05. The first kappa shape index (κ1) is 21.7. The van der Waals surface area contributed by atoms with Crippen molar-refractivity contribution >= 4 is 37.6 Å². The summed E-state index contributed by atoms with van der Waals surface area (Å²) >= 11 is 1.63. The molecular weight excluding hydrogens is 382 g/mol. The van der Waals surface area contributed by atoms with E-state index in [4.69, 9.17) is 5.73 Å². The van der Waals surface area contributed by atoms with E-state index in [1.165, 1.54) is 12.8 Å². The van der Waals surface area contributed by atoms with Crippen molar-refractivity contribution in [1.82, 2.24) is 0 Å². The first-order valence-corrected chi connectivity index (χ1v) is 11.0. The molecule has 0 bridgehead atoms. The summed E-state index contributed by atoms with van der Waals surface area (Å²) in [7, 11) is 0. The first-order chi connectivity index (χ1) is 14.0. The number of unbranched alkanes of at least 4 members (excludes halogenated alkanes) is 2. The number of allylic oxidation sites excluding steroid dienone is 1. The molecule has 0 unspecified atom stereocenters. The predicted octanol–water partition coefficient (Wildman–Crippen LogP) is 4.23. The van der Waals surface area contributed by atoms with Crippen LogP contribution in [0.3, 0.4) is 0 Å². The third-order valence-corrected chi connectivity index (χ3v) is 6.47. The van der Waals surface area contributed by atoms with Gasteiger partial charge < -0.3 is 15.9 Å². The van der Waals surface area contributed by atoms with Crippen LogP contribution in [0.1, 0.15) is 43.7 Å². The Morgan fingerprint density at radius 3 is 2.59 bits per heavy atom. The van der Waals surface area contributed by atoms with Gasteiger partial charge in [-0.1, -0.05) is 44.1 Å². The molecule has 29 heavy (non-hydrogen) atoms. The van der Waals surface area contributed by atoms with Gasteiger partial charge in [0.1, 0.15) is 0 Å². The van der Waals surface area contributed by atoms with Gasteiger partial charge in [-0.3, -0.25) is 4.79 Å². The van der Waals surface area contributed by atoms with Gasteiger partial charge >= 0.3 is 0 Å². The molecule has 0 fully saturated rings. The Kier molecular flexibility index (Phi) is 7.19. The maximum Gasteiger partial charge on any atom is 0.195 e. The van der Waals surface area contributed by atoms with Crippen LogP contribution in [-0.4, -0.2) is 29.0 Å². The normalized spacial score (nSPS) is 12.4. The quantitative estimate of drug-likeness (QED) is 0.363. The third kappa shape index (κ3) is 5.11. The summed E-state index contributed by atoms with van der Waals surface area (Å²) in [5.74, 6) is 0. The van der Waals surface area contributed by atoms with E-state index >= 15 is 0 Å². The lowest BCUT2D eigenvalue weighted by Gasteiger charge is -2.24. The molecule has 3 aromatic rings. The van der Waals surface area contributed by atoms with Crippen molar-refractivity contribution < 1.29 is 10.2 Å². The van der Waals surface area contributed by atoms with E-state index in [1.54, 1.807) is 11.3 Å². The van der Waals surface area contributed by atoms with Crippen molar-refractivity contribution in [3.8, 4) is 0 Å². The van der Waals surface area contributed by atoms with Gasteiger partial charge in [0.05, 0.1) is 18.8 Å². The molecule has 5 heteroatoms. The van der Waals surface area contributed by atoms with Gasteiger partial charge in [-0.2, -0.15) is 0 Å². The van der Waals surface area contributed by atoms with Gasteiger partial charge in [0.25, 0.3) is 0 Å². The Bertz CT molecular complexity index is 1070. The van der Waals surface area contributed by atoms with Crippen molar-refractivity contribution in [2.75, 3.05) is 13.2 Å². The van der Waals surface area contributed by atoms with Crippen LogP contribution in [0.2, 0.25) is 0 Å². The van der Waals surface area contributed by atoms with Crippen LogP contribution in [0.5, 0.6) is 0 Å². The molecule has 0 saturated heterocycles. The summed E-state index contributed by atoms with van der Waals surface area (Å²) in [4.78, 5) is 13.0. The Labute approximate surface area is 175 Å². The molecule has 154 valence electrons. The maximum absolute atomic E-state index is 13.0. The van der Waals surface area contributed by atoms with Crippen molar-refractivity contribution in [3.05, 3.63) is 63.8 Å². The fourth-order valence-electron chi connectivity index (χ4n) is 3.32. The summed E-state index contributed by atoms with van der Waals surface area (Å²) in [6.45, 7) is 1.64. The number of aliphatic hydroxyl groups excluding tert-OH is 2. The zero-order valence-corrected chi connectivity index (χ0v) is 17.7. The Balaban J connectivity index is 1.91. The summed E-state index contributed by atoms with van der Waals surface area (Å²) < 4.78 is 1.95. The number of benzene rings is 2. The highest BCUT2D eigenvalue weighted by Gasteiger charge is 2.22. The second kappa shape index (κ2) is 9.63. The molecule has 0 aliphatic heterocycles. The predicted molar refractivity (Wildman–Crippen MR) is 124 cm³/mol. The van der Waals surface area contributed by atoms with Gasteiger partial charge in [0.2, 0.25) is 0 Å². The van der Waals surface area contributed by atoms with Crippen molar-refractivity contribution in [3.63, 3.8) is 0 Å². The molecule has 3 rings (SSSR count). The number of aliphatic hydroxyl groups is 2. The van der Waals surface area contributed by atoms with E-state index in [9.17, 15) is 15.0 Å². The van der Waals surface area contributed by atoms with Crippen LogP contribution >= 0.6 is 11.3 Å². The summed E-state index contributed by atoms with van der Waals surface area (Å²) in [5.41, 5.74) is 7.10. The van der Waals surface area contributed by atoms with Gasteiger partial charge in [-0.05, 0) is 54.7 Å². The summed E-state index contributed by atoms with van der Waals surface area (Å²) in [6.07, 6.45) is 8.80. The van der Waals surface area contributed by atoms with Crippen LogP contribution in [0.15, 0.2) is 47.3 Å². The van der Waals surface area contributed by atoms with Crippen LogP contribution in [0.25, 0.3) is 26.2 Å². The highest BCUT2D eigenvalue weighted by molar-refractivity contribution is 7.24. The van der Waals surface area contributed by atoms with Crippen LogP contribution < -0.4 is 11.2 Å². The minimum Gasteiger partial charge on any atom is -0.394 e. The molecule has 1 heterocycles. The highest BCUT2D eigenvalue weighted by atomic mass is 32.1. The van der Waals surface area contributed by atoms with Gasteiger partial charge in [-0.15, -0.1) is 11.3 Å². The topological polar surface area (TPSA) is 83.6 Å². The lowest BCUT2D eigenvalue weighted by molar-refractivity contribution is 0.115. The standard InChI is InChI=1S/C24H29NO3S/c1-2-3-4-5-6-17-7-9-19-22(14-17)29-21-10-8-18(13-20(21)23(19)28)11-12-24(25,15-26)16-27/h5-10,13-14,26-27H,2-4,11-12,15-16,25H2,1H3. The molecule has 2 aromatic carbocycles. The van der Waals surface area contributed by atoms with Crippen LogP contribution in [0.4, 0.5) is 0 Å². The average molecular weight is 412 g/mol. The van der Waals surface area contributed by atoms with E-state index in [0.29, 0.717) is 18.2 Å². The number of nitrogens with two attached hydrogens (primary N) is 1. The lowest BCUT2D eigenvalue weighted by atomic mass is 9.93. The molecule has 0 atom stereocenters. The van der Waals surface area contributed by atoms with E-state index in [2.05, 4.69) is 25.1 Å². The maximum atomic E-state index is 13.0. The summed E-state index contributed by atoms with van der Waals surface area (Å²) in [6, 6.07) is 11.9. The SMILES string of the molecule is CCCCC=Cc1ccc2c(=O)c3cc(CCC(N)(CO)CO)ccc3sc2c1. The van der Waals surface area contributed by atoms with Gasteiger partial charge in [0.15, 0.2) is 5.43 Å². The molecule has 0 saturated carbocycles. The van der Waals surface area contributed by atoms with Crippen molar-refractivity contribution in [2.45, 2.75) is 44.6 Å². The largest absolute Gasteiger partial charge is 0.394 e. The van der Waals surface area contributed by atoms with E-state index in [0.717, 1.165) is 32.3 Å². The second-order valence-electron chi connectivity index (χ2n) is 7.74. The minimum absolute atomic E-state index is 0.0421. The van der Waals surface area contributed by atoms with E-state index in [-0.39, 0.29) is 18.6 Å². The Morgan fingerprint density at radius 2 is 1.86 bits per heavy atom. The van der Waals surface area contributed by atoms with Crippen molar-refractivity contribution in [1.29, 1.82) is 0 Å². The first-order valence-electron chi connectivity index (χ1n) is 10.2. The minimum atomic E-state index is -0.998. The number of fused-ring (bicyclic) bond motifs is 2.